The first kappa shape index (κ1) is 16.1. The molecule has 0 bridgehead atoms. The fourth-order valence-corrected chi connectivity index (χ4v) is 2.24. The minimum absolute atomic E-state index is 0.124. The van der Waals surface area contributed by atoms with Crippen molar-refractivity contribution in [2.75, 3.05) is 17.2 Å². The number of hydrogen-bond acceptors (Lipinski definition) is 7. The van der Waals surface area contributed by atoms with E-state index in [0.717, 1.165) is 5.69 Å². The van der Waals surface area contributed by atoms with Gasteiger partial charge in [-0.1, -0.05) is 23.4 Å². The topological polar surface area (TPSA) is 101 Å². The van der Waals surface area contributed by atoms with E-state index >= 15 is 0 Å². The number of aromatic nitrogens is 5. The number of rotatable bonds is 6. The zero-order valence-corrected chi connectivity index (χ0v) is 13.9. The van der Waals surface area contributed by atoms with Gasteiger partial charge in [0.15, 0.2) is 17.0 Å². The van der Waals surface area contributed by atoms with Gasteiger partial charge in [-0.25, -0.2) is 4.68 Å². The molecule has 1 unspecified atom stereocenters. The predicted molar refractivity (Wildman–Crippen MR) is 93.4 cm³/mol. The number of aliphatic hydroxyl groups is 1. The molecule has 1 atom stereocenters. The maximum atomic E-state index is 9.47. The maximum Gasteiger partial charge on any atom is 0.226 e. The molecule has 3 rings (SSSR count). The summed E-state index contributed by atoms with van der Waals surface area (Å²) in [6.07, 6.45) is -0.497. The minimum atomic E-state index is -0.497. The molecule has 0 aliphatic heterocycles. The Kier molecular flexibility index (Phi) is 4.57. The zero-order chi connectivity index (χ0) is 17.1. The van der Waals surface area contributed by atoms with Crippen molar-refractivity contribution in [1.29, 1.82) is 0 Å². The van der Waals surface area contributed by atoms with Gasteiger partial charge in [-0.15, -0.1) is 5.10 Å². The van der Waals surface area contributed by atoms with E-state index in [4.69, 9.17) is 0 Å². The van der Waals surface area contributed by atoms with Gasteiger partial charge in [0.2, 0.25) is 5.95 Å². The van der Waals surface area contributed by atoms with Crippen molar-refractivity contribution in [3.63, 3.8) is 0 Å². The molecular formula is C16H21N7O. The lowest BCUT2D eigenvalue weighted by Gasteiger charge is -2.11. The molecule has 3 aromatic rings. The number of nitrogens with one attached hydrogen (secondary N) is 2. The van der Waals surface area contributed by atoms with Crippen LogP contribution in [0.15, 0.2) is 30.3 Å². The zero-order valence-electron chi connectivity index (χ0n) is 13.9. The molecule has 0 radical (unpaired) electrons. The second-order valence-corrected chi connectivity index (χ2v) is 5.92. The molecule has 0 fully saturated rings. The molecule has 0 aliphatic carbocycles. The quantitative estimate of drug-likeness (QED) is 0.639. The number of hydrogen-bond donors (Lipinski definition) is 3. The highest BCUT2D eigenvalue weighted by Gasteiger charge is 2.16. The van der Waals surface area contributed by atoms with Gasteiger partial charge in [0, 0.05) is 12.2 Å². The second-order valence-electron chi connectivity index (χ2n) is 5.92. The first-order chi connectivity index (χ1) is 11.5. The van der Waals surface area contributed by atoms with Crippen LogP contribution in [0.3, 0.4) is 0 Å². The Morgan fingerprint density at radius 3 is 2.54 bits per heavy atom. The van der Waals surface area contributed by atoms with Gasteiger partial charge in [-0.2, -0.15) is 9.97 Å². The van der Waals surface area contributed by atoms with Crippen molar-refractivity contribution in [2.24, 2.45) is 0 Å². The summed E-state index contributed by atoms with van der Waals surface area (Å²) in [6.45, 7) is 6.10. The lowest BCUT2D eigenvalue weighted by atomic mass is 10.3. The Bertz CT molecular complexity index is 814. The average molecular weight is 327 g/mol. The molecule has 1 aromatic carbocycles. The number of benzene rings is 1. The summed E-state index contributed by atoms with van der Waals surface area (Å²) in [5.41, 5.74) is 2.15. The molecule has 2 heterocycles. The normalized spacial score (nSPS) is 12.5. The molecule has 24 heavy (non-hydrogen) atoms. The van der Waals surface area contributed by atoms with Gasteiger partial charge in [0.1, 0.15) is 0 Å². The van der Waals surface area contributed by atoms with Gasteiger partial charge >= 0.3 is 0 Å². The molecule has 3 N–H and O–H groups in total. The van der Waals surface area contributed by atoms with Gasteiger partial charge in [-0.05, 0) is 32.9 Å². The van der Waals surface area contributed by atoms with Crippen LogP contribution in [0.5, 0.6) is 0 Å². The standard InChI is InChI=1S/C16H21N7O/c1-10(2)23-15-13(21-22-23)14(18-12-7-5-4-6-8-12)19-16(20-15)17-9-11(3)24/h4-8,10-11,24H,9H2,1-3H3,(H2,17,18,19,20). The van der Waals surface area contributed by atoms with Gasteiger partial charge in [-0.3, -0.25) is 0 Å². The Labute approximate surface area is 139 Å². The van der Waals surface area contributed by atoms with Crippen LogP contribution >= 0.6 is 0 Å². The first-order valence-electron chi connectivity index (χ1n) is 7.91. The van der Waals surface area contributed by atoms with E-state index in [1.54, 1.807) is 11.6 Å². The van der Waals surface area contributed by atoms with E-state index in [9.17, 15) is 5.11 Å². The molecule has 0 spiro atoms. The first-order valence-corrected chi connectivity index (χ1v) is 7.91. The molecule has 8 nitrogen and oxygen atoms in total. The average Bonchev–Trinajstić information content (AvgIpc) is 2.98. The molecule has 8 heteroatoms. The van der Waals surface area contributed by atoms with Crippen LogP contribution in [0.2, 0.25) is 0 Å². The summed E-state index contributed by atoms with van der Waals surface area (Å²) < 4.78 is 1.75. The summed E-state index contributed by atoms with van der Waals surface area (Å²) in [6, 6.07) is 9.86. The van der Waals surface area contributed by atoms with Crippen molar-refractivity contribution in [3.8, 4) is 0 Å². The largest absolute Gasteiger partial charge is 0.392 e. The highest BCUT2D eigenvalue weighted by Crippen LogP contribution is 2.24. The summed E-state index contributed by atoms with van der Waals surface area (Å²) in [5.74, 6) is 0.997. The number of fused-ring (bicyclic) bond motifs is 1. The Hall–Kier alpha value is -2.74. The number of nitrogens with zero attached hydrogens (tertiary/aromatic N) is 5. The Morgan fingerprint density at radius 1 is 1.12 bits per heavy atom. The fraction of sp³-hybridized carbons (Fsp3) is 0.375. The van der Waals surface area contributed by atoms with Crippen LogP contribution in [0.1, 0.15) is 26.8 Å². The number of para-hydroxylation sites is 1. The summed E-state index contributed by atoms with van der Waals surface area (Å²) in [5, 5.41) is 24.2. The van der Waals surface area contributed by atoms with Gasteiger partial charge in [0.05, 0.1) is 12.1 Å². The Morgan fingerprint density at radius 2 is 1.88 bits per heavy atom. The smallest absolute Gasteiger partial charge is 0.226 e. The third kappa shape index (κ3) is 3.43. The van der Waals surface area contributed by atoms with Crippen molar-refractivity contribution < 1.29 is 5.11 Å². The molecule has 126 valence electrons. The molecular weight excluding hydrogens is 306 g/mol. The summed E-state index contributed by atoms with van der Waals surface area (Å²) >= 11 is 0. The molecule has 2 aromatic heterocycles. The van der Waals surface area contributed by atoms with Crippen LogP contribution < -0.4 is 10.6 Å². The third-order valence-electron chi connectivity index (χ3n) is 3.40. The molecule has 0 amide bonds. The van der Waals surface area contributed by atoms with Crippen molar-refractivity contribution in [2.45, 2.75) is 32.9 Å². The second kappa shape index (κ2) is 6.79. The molecule has 0 saturated carbocycles. The van der Waals surface area contributed by atoms with E-state index in [1.165, 1.54) is 0 Å². The minimum Gasteiger partial charge on any atom is -0.392 e. The summed E-state index contributed by atoms with van der Waals surface area (Å²) in [7, 11) is 0. The lowest BCUT2D eigenvalue weighted by molar-refractivity contribution is 0.208. The van der Waals surface area contributed by atoms with Crippen molar-refractivity contribution in [1.82, 2.24) is 25.0 Å². The van der Waals surface area contributed by atoms with E-state index < -0.39 is 6.10 Å². The highest BCUT2D eigenvalue weighted by molar-refractivity contribution is 5.85. The SMILES string of the molecule is CC(O)CNc1nc(Nc2ccccc2)c2nnn(C(C)C)c2n1. The maximum absolute atomic E-state index is 9.47. The summed E-state index contributed by atoms with van der Waals surface area (Å²) in [4.78, 5) is 8.98. The predicted octanol–water partition coefficient (Wildman–Crippen LogP) is 2.34. The third-order valence-corrected chi connectivity index (χ3v) is 3.40. The number of aliphatic hydroxyl groups excluding tert-OH is 1. The Balaban J connectivity index is 2.04. The van der Waals surface area contributed by atoms with Crippen molar-refractivity contribution in [3.05, 3.63) is 30.3 Å². The lowest BCUT2D eigenvalue weighted by Crippen LogP contribution is -2.17. The monoisotopic (exact) mass is 327 g/mol. The van der Waals surface area contributed by atoms with Gasteiger partial charge in [0.25, 0.3) is 0 Å². The van der Waals surface area contributed by atoms with E-state index in [-0.39, 0.29) is 6.04 Å². The van der Waals surface area contributed by atoms with E-state index in [1.807, 2.05) is 44.2 Å². The molecule has 0 aliphatic rings. The van der Waals surface area contributed by atoms with E-state index in [0.29, 0.717) is 29.5 Å². The highest BCUT2D eigenvalue weighted by atomic mass is 16.3. The fourth-order valence-electron chi connectivity index (χ4n) is 2.24. The van der Waals surface area contributed by atoms with Crippen LogP contribution in [0.4, 0.5) is 17.5 Å². The molecule has 0 saturated heterocycles. The van der Waals surface area contributed by atoms with Crippen LogP contribution in [-0.2, 0) is 0 Å². The number of anilines is 3. The van der Waals surface area contributed by atoms with Gasteiger partial charge < -0.3 is 15.7 Å². The van der Waals surface area contributed by atoms with Crippen LogP contribution in [0, 0.1) is 0 Å². The van der Waals surface area contributed by atoms with E-state index in [2.05, 4.69) is 30.9 Å². The van der Waals surface area contributed by atoms with Crippen LogP contribution in [-0.4, -0.2) is 42.7 Å². The van der Waals surface area contributed by atoms with Crippen LogP contribution in [0.25, 0.3) is 11.2 Å². The van der Waals surface area contributed by atoms with Crippen molar-refractivity contribution >= 4 is 28.6 Å².